The Kier molecular flexibility index (Phi) is 4.15. The molecule has 0 aliphatic heterocycles. The standard InChI is InChI=1S/C13H15F3N2O2/c14-13(15,16)10-6-5-9(12(19)20)11(18-10)17-7-1-2-8-3-4-8/h5-6,8H,1-4,7H2,(H,17,18)(H,19,20). The van der Waals surface area contributed by atoms with Crippen molar-refractivity contribution >= 4 is 11.8 Å². The Morgan fingerprint density at radius 1 is 1.40 bits per heavy atom. The number of carboxylic acids is 1. The van der Waals surface area contributed by atoms with Crippen molar-refractivity contribution in [3.05, 3.63) is 23.4 Å². The smallest absolute Gasteiger partial charge is 0.433 e. The highest BCUT2D eigenvalue weighted by atomic mass is 19.4. The summed E-state index contributed by atoms with van der Waals surface area (Å²) in [4.78, 5) is 14.4. The first-order chi connectivity index (χ1) is 9.38. The van der Waals surface area contributed by atoms with Crippen molar-refractivity contribution in [2.24, 2.45) is 5.92 Å². The summed E-state index contributed by atoms with van der Waals surface area (Å²) in [5.74, 6) is -0.788. The van der Waals surface area contributed by atoms with Gasteiger partial charge in [-0.25, -0.2) is 9.78 Å². The number of aromatic carboxylic acids is 1. The predicted molar refractivity (Wildman–Crippen MR) is 66.6 cm³/mol. The molecule has 20 heavy (non-hydrogen) atoms. The minimum absolute atomic E-state index is 0.219. The summed E-state index contributed by atoms with van der Waals surface area (Å²) < 4.78 is 37.7. The Bertz CT molecular complexity index is 499. The number of nitrogens with one attached hydrogen (secondary N) is 1. The normalized spacial score (nSPS) is 15.2. The van der Waals surface area contributed by atoms with E-state index in [2.05, 4.69) is 10.3 Å². The third-order valence-electron chi connectivity index (χ3n) is 3.19. The second-order valence-corrected chi connectivity index (χ2v) is 4.91. The van der Waals surface area contributed by atoms with E-state index in [1.807, 2.05) is 0 Å². The lowest BCUT2D eigenvalue weighted by Gasteiger charge is -2.12. The Hall–Kier alpha value is -1.79. The zero-order valence-electron chi connectivity index (χ0n) is 10.7. The number of rotatable bonds is 6. The quantitative estimate of drug-likeness (QED) is 0.787. The molecule has 1 saturated carbocycles. The van der Waals surface area contributed by atoms with Crippen molar-refractivity contribution in [1.82, 2.24) is 4.98 Å². The molecule has 1 aromatic heterocycles. The monoisotopic (exact) mass is 288 g/mol. The molecule has 4 nitrogen and oxygen atoms in total. The number of hydrogen-bond donors (Lipinski definition) is 2. The van der Waals surface area contributed by atoms with Crippen LogP contribution >= 0.6 is 0 Å². The Morgan fingerprint density at radius 2 is 2.10 bits per heavy atom. The highest BCUT2D eigenvalue weighted by Gasteiger charge is 2.33. The van der Waals surface area contributed by atoms with Gasteiger partial charge in [-0.05, 0) is 30.9 Å². The number of pyridine rings is 1. The maximum absolute atomic E-state index is 12.6. The van der Waals surface area contributed by atoms with Crippen molar-refractivity contribution < 1.29 is 23.1 Å². The number of hydrogen-bond acceptors (Lipinski definition) is 3. The van der Waals surface area contributed by atoms with E-state index in [1.165, 1.54) is 12.8 Å². The zero-order chi connectivity index (χ0) is 14.8. The van der Waals surface area contributed by atoms with E-state index >= 15 is 0 Å². The SMILES string of the molecule is O=C(O)c1ccc(C(F)(F)F)nc1NCCCC1CC1. The van der Waals surface area contributed by atoms with Crippen molar-refractivity contribution in [2.45, 2.75) is 31.9 Å². The van der Waals surface area contributed by atoms with Crippen molar-refractivity contribution in [3.63, 3.8) is 0 Å². The zero-order valence-corrected chi connectivity index (χ0v) is 10.7. The van der Waals surface area contributed by atoms with Gasteiger partial charge in [0.2, 0.25) is 0 Å². The van der Waals surface area contributed by atoms with Gasteiger partial charge in [0, 0.05) is 6.54 Å². The van der Waals surface area contributed by atoms with E-state index < -0.39 is 17.8 Å². The van der Waals surface area contributed by atoms with Gasteiger partial charge in [-0.3, -0.25) is 0 Å². The Labute approximate surface area is 114 Å². The molecule has 0 spiro atoms. The fraction of sp³-hybridized carbons (Fsp3) is 0.538. The molecule has 2 rings (SSSR count). The van der Waals surface area contributed by atoms with Gasteiger partial charge < -0.3 is 10.4 Å². The summed E-state index contributed by atoms with van der Waals surface area (Å²) in [5.41, 5.74) is -1.34. The van der Waals surface area contributed by atoms with Crippen LogP contribution < -0.4 is 5.32 Å². The van der Waals surface area contributed by atoms with Gasteiger partial charge in [0.15, 0.2) is 0 Å². The van der Waals surface area contributed by atoms with Gasteiger partial charge in [0.25, 0.3) is 0 Å². The van der Waals surface area contributed by atoms with Gasteiger partial charge >= 0.3 is 12.1 Å². The maximum atomic E-state index is 12.6. The Morgan fingerprint density at radius 3 is 2.65 bits per heavy atom. The highest BCUT2D eigenvalue weighted by Crippen LogP contribution is 2.33. The fourth-order valence-electron chi connectivity index (χ4n) is 1.93. The van der Waals surface area contributed by atoms with E-state index in [0.717, 1.165) is 24.8 Å². The summed E-state index contributed by atoms with van der Waals surface area (Å²) in [7, 11) is 0. The second-order valence-electron chi connectivity index (χ2n) is 4.91. The van der Waals surface area contributed by atoms with Gasteiger partial charge in [0.1, 0.15) is 17.1 Å². The van der Waals surface area contributed by atoms with E-state index in [1.54, 1.807) is 0 Å². The Balaban J connectivity index is 2.07. The van der Waals surface area contributed by atoms with Gasteiger partial charge in [-0.15, -0.1) is 0 Å². The summed E-state index contributed by atoms with van der Waals surface area (Å²) in [6.45, 7) is 0.422. The average Bonchev–Trinajstić information content (AvgIpc) is 3.17. The van der Waals surface area contributed by atoms with Crippen LogP contribution in [0.1, 0.15) is 41.7 Å². The van der Waals surface area contributed by atoms with Gasteiger partial charge in [0.05, 0.1) is 0 Å². The minimum Gasteiger partial charge on any atom is -0.478 e. The van der Waals surface area contributed by atoms with Gasteiger partial charge in [-0.2, -0.15) is 13.2 Å². The molecule has 1 heterocycles. The van der Waals surface area contributed by atoms with E-state index in [0.29, 0.717) is 12.6 Å². The molecule has 0 saturated heterocycles. The summed E-state index contributed by atoms with van der Waals surface area (Å²) in [5, 5.41) is 11.7. The molecule has 1 fully saturated rings. The number of carboxylic acid groups (broad SMARTS) is 1. The number of halogens is 3. The van der Waals surface area contributed by atoms with Crippen LogP contribution in [0.3, 0.4) is 0 Å². The van der Waals surface area contributed by atoms with Crippen LogP contribution in [-0.2, 0) is 6.18 Å². The third kappa shape index (κ3) is 3.85. The molecule has 1 aromatic rings. The first kappa shape index (κ1) is 14.6. The molecule has 0 bridgehead atoms. The first-order valence-corrected chi connectivity index (χ1v) is 6.43. The van der Waals surface area contributed by atoms with E-state index in [9.17, 15) is 18.0 Å². The topological polar surface area (TPSA) is 62.2 Å². The molecule has 0 unspecified atom stereocenters. The molecule has 0 atom stereocenters. The molecule has 110 valence electrons. The van der Waals surface area contributed by atoms with Crippen molar-refractivity contribution in [1.29, 1.82) is 0 Å². The number of alkyl halides is 3. The summed E-state index contributed by atoms with van der Waals surface area (Å²) in [6.07, 6.45) is -0.359. The summed E-state index contributed by atoms with van der Waals surface area (Å²) in [6, 6.07) is 1.61. The van der Waals surface area contributed by atoms with E-state index in [4.69, 9.17) is 5.11 Å². The third-order valence-corrected chi connectivity index (χ3v) is 3.19. The van der Waals surface area contributed by atoms with Crippen LogP contribution in [0.25, 0.3) is 0 Å². The molecule has 0 aromatic carbocycles. The molecular weight excluding hydrogens is 273 g/mol. The lowest BCUT2D eigenvalue weighted by molar-refractivity contribution is -0.141. The molecule has 0 radical (unpaired) electrons. The maximum Gasteiger partial charge on any atom is 0.433 e. The lowest BCUT2D eigenvalue weighted by Crippen LogP contribution is -2.15. The lowest BCUT2D eigenvalue weighted by atomic mass is 10.2. The predicted octanol–water partition coefficient (Wildman–Crippen LogP) is 3.40. The van der Waals surface area contributed by atoms with E-state index in [-0.39, 0.29) is 11.4 Å². The van der Waals surface area contributed by atoms with Crippen LogP contribution in [0.2, 0.25) is 0 Å². The number of carbonyl (C=O) groups is 1. The second kappa shape index (κ2) is 5.68. The molecule has 7 heteroatoms. The number of nitrogens with zero attached hydrogens (tertiary/aromatic N) is 1. The number of anilines is 1. The van der Waals surface area contributed by atoms with Gasteiger partial charge in [-0.1, -0.05) is 12.8 Å². The minimum atomic E-state index is -4.58. The van der Waals surface area contributed by atoms with Crippen molar-refractivity contribution in [2.75, 3.05) is 11.9 Å². The number of aromatic nitrogens is 1. The molecule has 1 aliphatic carbocycles. The summed E-state index contributed by atoms with van der Waals surface area (Å²) >= 11 is 0. The van der Waals surface area contributed by atoms with Crippen molar-refractivity contribution in [3.8, 4) is 0 Å². The van der Waals surface area contributed by atoms with Crippen LogP contribution in [0.4, 0.5) is 19.0 Å². The van der Waals surface area contributed by atoms with Crippen LogP contribution in [0, 0.1) is 5.92 Å². The molecular formula is C13H15F3N2O2. The average molecular weight is 288 g/mol. The fourth-order valence-corrected chi connectivity index (χ4v) is 1.93. The molecule has 1 aliphatic rings. The largest absolute Gasteiger partial charge is 0.478 e. The van der Waals surface area contributed by atoms with Crippen LogP contribution in [0.5, 0.6) is 0 Å². The highest BCUT2D eigenvalue weighted by molar-refractivity contribution is 5.93. The first-order valence-electron chi connectivity index (χ1n) is 6.43. The molecule has 2 N–H and O–H groups in total. The van der Waals surface area contributed by atoms with Crippen LogP contribution in [-0.4, -0.2) is 22.6 Å². The van der Waals surface area contributed by atoms with Crippen LogP contribution in [0.15, 0.2) is 12.1 Å². The molecule has 0 amide bonds.